The molecule has 1 unspecified atom stereocenters. The second-order valence-electron chi connectivity index (χ2n) is 7.78. The maximum atomic E-state index is 6.00. The van der Waals surface area contributed by atoms with Crippen LogP contribution in [0.1, 0.15) is 34.6 Å². The van der Waals surface area contributed by atoms with E-state index in [2.05, 4.69) is 27.7 Å². The third-order valence-electron chi connectivity index (χ3n) is 4.50. The number of epoxide rings is 1. The SMILES string of the molecule is CCOCC(C)(C)C1OCC(C(C)(C)COCC2CO2)CO1. The van der Waals surface area contributed by atoms with Crippen LogP contribution in [0.15, 0.2) is 0 Å². The molecule has 1 atom stereocenters. The Hall–Kier alpha value is -0.200. The molecule has 0 N–H and O–H groups in total. The van der Waals surface area contributed by atoms with E-state index < -0.39 is 0 Å². The van der Waals surface area contributed by atoms with Gasteiger partial charge in [-0.1, -0.05) is 27.7 Å². The van der Waals surface area contributed by atoms with Crippen molar-refractivity contribution < 1.29 is 23.7 Å². The van der Waals surface area contributed by atoms with Gasteiger partial charge >= 0.3 is 0 Å². The van der Waals surface area contributed by atoms with E-state index in [4.69, 9.17) is 23.7 Å². The second-order valence-corrected chi connectivity index (χ2v) is 7.78. The number of ether oxygens (including phenoxy) is 5. The van der Waals surface area contributed by atoms with Gasteiger partial charge in [0.1, 0.15) is 6.10 Å². The summed E-state index contributed by atoms with van der Waals surface area (Å²) in [6.45, 7) is 15.7. The molecule has 0 saturated carbocycles. The Morgan fingerprint density at radius 1 is 0.864 bits per heavy atom. The van der Waals surface area contributed by atoms with Crippen LogP contribution in [0, 0.1) is 16.7 Å². The van der Waals surface area contributed by atoms with Crippen molar-refractivity contribution in [3.63, 3.8) is 0 Å². The van der Waals surface area contributed by atoms with Gasteiger partial charge in [0.2, 0.25) is 0 Å². The first-order chi connectivity index (χ1) is 10.3. The third kappa shape index (κ3) is 5.17. The van der Waals surface area contributed by atoms with E-state index in [-0.39, 0.29) is 17.1 Å². The van der Waals surface area contributed by atoms with E-state index in [1.54, 1.807) is 0 Å². The average molecular weight is 316 g/mol. The van der Waals surface area contributed by atoms with Crippen molar-refractivity contribution in [1.29, 1.82) is 0 Å². The van der Waals surface area contributed by atoms with E-state index >= 15 is 0 Å². The van der Waals surface area contributed by atoms with E-state index in [0.717, 1.165) is 6.61 Å². The van der Waals surface area contributed by atoms with Gasteiger partial charge in [-0.2, -0.15) is 0 Å². The Balaban J connectivity index is 1.74. The minimum absolute atomic E-state index is 0.0317. The molecule has 0 aromatic carbocycles. The van der Waals surface area contributed by atoms with Crippen LogP contribution in [0.4, 0.5) is 0 Å². The monoisotopic (exact) mass is 316 g/mol. The van der Waals surface area contributed by atoms with Crippen LogP contribution in [0.25, 0.3) is 0 Å². The standard InChI is InChI=1S/C17H32O5/c1-6-18-12-17(4,5)15-21-7-13(8-22-15)16(2,3)11-19-9-14-10-20-14/h13-15H,6-12H2,1-5H3. The lowest BCUT2D eigenvalue weighted by Crippen LogP contribution is -2.48. The molecule has 2 aliphatic rings. The fourth-order valence-corrected chi connectivity index (χ4v) is 2.57. The zero-order chi connectivity index (χ0) is 16.2. The maximum Gasteiger partial charge on any atom is 0.164 e. The molecule has 0 spiro atoms. The summed E-state index contributed by atoms with van der Waals surface area (Å²) >= 11 is 0. The van der Waals surface area contributed by atoms with Gasteiger partial charge in [0.25, 0.3) is 0 Å². The zero-order valence-corrected chi connectivity index (χ0v) is 14.7. The molecule has 0 bridgehead atoms. The summed E-state index contributed by atoms with van der Waals surface area (Å²) in [5.41, 5.74) is -0.102. The van der Waals surface area contributed by atoms with Crippen LogP contribution in [0.3, 0.4) is 0 Å². The Labute approximate surface area is 134 Å². The molecule has 2 heterocycles. The second kappa shape index (κ2) is 7.58. The first kappa shape index (κ1) is 18.1. The highest BCUT2D eigenvalue weighted by Crippen LogP contribution is 2.35. The molecule has 0 radical (unpaired) electrons. The molecular weight excluding hydrogens is 284 g/mol. The zero-order valence-electron chi connectivity index (χ0n) is 14.7. The van der Waals surface area contributed by atoms with Gasteiger partial charge in [0.05, 0.1) is 39.6 Å². The molecule has 5 heteroatoms. The molecule has 5 nitrogen and oxygen atoms in total. The van der Waals surface area contributed by atoms with Gasteiger partial charge in [0.15, 0.2) is 6.29 Å². The molecule has 0 amide bonds. The summed E-state index contributed by atoms with van der Waals surface area (Å²) in [4.78, 5) is 0. The summed E-state index contributed by atoms with van der Waals surface area (Å²) in [5.74, 6) is 0.340. The number of hydrogen-bond donors (Lipinski definition) is 0. The quantitative estimate of drug-likeness (QED) is 0.612. The smallest absolute Gasteiger partial charge is 0.164 e. The molecule has 130 valence electrons. The van der Waals surface area contributed by atoms with Crippen molar-refractivity contribution in [3.8, 4) is 0 Å². The Morgan fingerprint density at radius 3 is 2.00 bits per heavy atom. The fourth-order valence-electron chi connectivity index (χ4n) is 2.57. The lowest BCUT2D eigenvalue weighted by Gasteiger charge is -2.43. The Kier molecular flexibility index (Phi) is 6.25. The topological polar surface area (TPSA) is 49.5 Å². The van der Waals surface area contributed by atoms with Crippen LogP contribution >= 0.6 is 0 Å². The lowest BCUT2D eigenvalue weighted by atomic mass is 9.79. The van der Waals surface area contributed by atoms with Crippen LogP contribution in [0.2, 0.25) is 0 Å². The molecule has 2 rings (SSSR count). The van der Waals surface area contributed by atoms with Crippen LogP contribution in [-0.4, -0.2) is 58.6 Å². The van der Waals surface area contributed by atoms with Gasteiger partial charge in [-0.05, 0) is 12.3 Å². The highest BCUT2D eigenvalue weighted by molar-refractivity contribution is 4.83. The van der Waals surface area contributed by atoms with Gasteiger partial charge in [-0.3, -0.25) is 0 Å². The minimum Gasteiger partial charge on any atom is -0.381 e. The van der Waals surface area contributed by atoms with Crippen LogP contribution in [-0.2, 0) is 23.7 Å². The predicted molar refractivity (Wildman–Crippen MR) is 83.8 cm³/mol. The summed E-state index contributed by atoms with van der Waals surface area (Å²) in [5, 5.41) is 0. The van der Waals surface area contributed by atoms with Crippen LogP contribution in [0.5, 0.6) is 0 Å². The largest absolute Gasteiger partial charge is 0.381 e. The highest BCUT2D eigenvalue weighted by atomic mass is 16.7. The van der Waals surface area contributed by atoms with Gasteiger partial charge in [-0.15, -0.1) is 0 Å². The molecule has 22 heavy (non-hydrogen) atoms. The summed E-state index contributed by atoms with van der Waals surface area (Å²) in [7, 11) is 0. The normalized spacial score (nSPS) is 29.6. The summed E-state index contributed by atoms with van der Waals surface area (Å²) in [6.07, 6.45) is 0.116. The van der Waals surface area contributed by atoms with Crippen molar-refractivity contribution in [1.82, 2.24) is 0 Å². The lowest BCUT2D eigenvalue weighted by molar-refractivity contribution is -0.267. The molecule has 2 saturated heterocycles. The highest BCUT2D eigenvalue weighted by Gasteiger charge is 2.40. The van der Waals surface area contributed by atoms with Crippen LogP contribution < -0.4 is 0 Å². The molecule has 0 aromatic heterocycles. The van der Waals surface area contributed by atoms with Gasteiger partial charge < -0.3 is 23.7 Å². The van der Waals surface area contributed by atoms with Crippen molar-refractivity contribution in [2.45, 2.75) is 47.0 Å². The third-order valence-corrected chi connectivity index (χ3v) is 4.50. The van der Waals surface area contributed by atoms with E-state index in [1.165, 1.54) is 0 Å². The Morgan fingerprint density at radius 2 is 1.45 bits per heavy atom. The Bertz CT molecular complexity index is 330. The van der Waals surface area contributed by atoms with E-state index in [9.17, 15) is 0 Å². The van der Waals surface area contributed by atoms with E-state index in [1.807, 2.05) is 6.92 Å². The van der Waals surface area contributed by atoms with Crippen molar-refractivity contribution in [2.75, 3.05) is 46.2 Å². The first-order valence-electron chi connectivity index (χ1n) is 8.35. The molecular formula is C17H32O5. The van der Waals surface area contributed by atoms with E-state index in [0.29, 0.717) is 51.7 Å². The first-order valence-corrected chi connectivity index (χ1v) is 8.35. The fraction of sp³-hybridized carbons (Fsp3) is 1.00. The average Bonchev–Trinajstić information content (AvgIpc) is 3.29. The van der Waals surface area contributed by atoms with Gasteiger partial charge in [-0.25, -0.2) is 0 Å². The number of rotatable bonds is 9. The predicted octanol–water partition coefficient (Wildman–Crippen LogP) is 2.48. The van der Waals surface area contributed by atoms with Crippen molar-refractivity contribution >= 4 is 0 Å². The van der Waals surface area contributed by atoms with Crippen molar-refractivity contribution in [2.24, 2.45) is 16.7 Å². The summed E-state index contributed by atoms with van der Waals surface area (Å²) < 4.78 is 28.5. The molecule has 0 aliphatic carbocycles. The molecule has 2 fully saturated rings. The number of hydrogen-bond acceptors (Lipinski definition) is 5. The molecule has 2 aliphatic heterocycles. The maximum absolute atomic E-state index is 6.00. The molecule has 0 aromatic rings. The van der Waals surface area contributed by atoms with Gasteiger partial charge in [0, 0.05) is 17.9 Å². The minimum atomic E-state index is -0.202. The summed E-state index contributed by atoms with van der Waals surface area (Å²) in [6, 6.07) is 0. The van der Waals surface area contributed by atoms with Crippen molar-refractivity contribution in [3.05, 3.63) is 0 Å².